The Kier molecular flexibility index (Phi) is 2.67. The number of rotatable bonds is 2. The smallest absolute Gasteiger partial charge is 0.408 e. The Morgan fingerprint density at radius 3 is 3.00 bits per heavy atom. The van der Waals surface area contributed by atoms with Crippen molar-refractivity contribution in [3.05, 3.63) is 32.7 Å². The van der Waals surface area contributed by atoms with E-state index in [0.717, 1.165) is 10.0 Å². The number of fused-ring (bicyclic) bond motifs is 1. The van der Waals surface area contributed by atoms with Crippen molar-refractivity contribution in [2.45, 2.75) is 12.8 Å². The molecule has 0 radical (unpaired) electrons. The summed E-state index contributed by atoms with van der Waals surface area (Å²) in [7, 11) is 0. The zero-order valence-corrected chi connectivity index (χ0v) is 9.80. The monoisotopic (exact) mass is 270 g/mol. The van der Waals surface area contributed by atoms with Crippen LogP contribution in [0.2, 0.25) is 0 Å². The van der Waals surface area contributed by atoms with E-state index in [4.69, 9.17) is 10.2 Å². The SMILES string of the molecule is CC(CN)c1cc(Br)cc2[nH]c(=O)oc12. The molecule has 0 aliphatic carbocycles. The number of benzene rings is 1. The Bertz CT molecular complexity index is 544. The van der Waals surface area contributed by atoms with Crippen molar-refractivity contribution in [2.24, 2.45) is 5.73 Å². The molecule has 1 heterocycles. The molecule has 80 valence electrons. The summed E-state index contributed by atoms with van der Waals surface area (Å²) in [4.78, 5) is 13.7. The van der Waals surface area contributed by atoms with E-state index in [1.54, 1.807) is 0 Å². The number of hydrogen-bond donors (Lipinski definition) is 2. The Morgan fingerprint density at radius 1 is 1.60 bits per heavy atom. The van der Waals surface area contributed by atoms with Crippen molar-refractivity contribution < 1.29 is 4.42 Å². The summed E-state index contributed by atoms with van der Waals surface area (Å²) in [5.41, 5.74) is 7.85. The topological polar surface area (TPSA) is 72.0 Å². The minimum atomic E-state index is -0.437. The highest BCUT2D eigenvalue weighted by molar-refractivity contribution is 9.10. The van der Waals surface area contributed by atoms with E-state index in [0.29, 0.717) is 17.6 Å². The molecule has 0 saturated heterocycles. The number of nitrogens with one attached hydrogen (secondary N) is 1. The van der Waals surface area contributed by atoms with Gasteiger partial charge in [0.2, 0.25) is 0 Å². The van der Waals surface area contributed by atoms with Crippen LogP contribution in [-0.2, 0) is 0 Å². The molecule has 0 bridgehead atoms. The summed E-state index contributed by atoms with van der Waals surface area (Å²) in [5.74, 6) is -0.280. The molecule has 0 aliphatic heterocycles. The molecule has 15 heavy (non-hydrogen) atoms. The molecule has 5 heteroatoms. The molecule has 1 atom stereocenters. The maximum absolute atomic E-state index is 11.1. The number of nitrogens with two attached hydrogens (primary N) is 1. The molecular formula is C10H11BrN2O2. The van der Waals surface area contributed by atoms with Crippen LogP contribution in [0.3, 0.4) is 0 Å². The lowest BCUT2D eigenvalue weighted by Gasteiger charge is -2.09. The standard InChI is InChI=1S/C10H11BrN2O2/c1-5(4-12)7-2-6(11)3-8-9(7)15-10(14)13-8/h2-3,5H,4,12H2,1H3,(H,13,14). The zero-order chi connectivity index (χ0) is 11.0. The average molecular weight is 271 g/mol. The van der Waals surface area contributed by atoms with E-state index >= 15 is 0 Å². The Hall–Kier alpha value is -1.07. The van der Waals surface area contributed by atoms with E-state index < -0.39 is 5.76 Å². The summed E-state index contributed by atoms with van der Waals surface area (Å²) < 4.78 is 5.99. The number of aromatic amines is 1. The van der Waals surface area contributed by atoms with Gasteiger partial charge in [-0.1, -0.05) is 22.9 Å². The molecule has 2 rings (SSSR count). The fraction of sp³-hybridized carbons (Fsp3) is 0.300. The Labute approximate surface area is 94.6 Å². The highest BCUT2D eigenvalue weighted by atomic mass is 79.9. The molecule has 0 fully saturated rings. The van der Waals surface area contributed by atoms with Crippen LogP contribution in [0.15, 0.2) is 25.8 Å². The van der Waals surface area contributed by atoms with Gasteiger partial charge in [-0.3, -0.25) is 4.98 Å². The van der Waals surface area contributed by atoms with Gasteiger partial charge in [0, 0.05) is 10.0 Å². The van der Waals surface area contributed by atoms with E-state index in [1.165, 1.54) is 0 Å². The third-order valence-electron chi connectivity index (χ3n) is 2.40. The van der Waals surface area contributed by atoms with Crippen molar-refractivity contribution in [2.75, 3.05) is 6.54 Å². The van der Waals surface area contributed by atoms with Crippen molar-refractivity contribution in [1.29, 1.82) is 0 Å². The van der Waals surface area contributed by atoms with E-state index in [9.17, 15) is 4.79 Å². The van der Waals surface area contributed by atoms with E-state index in [-0.39, 0.29) is 5.92 Å². The van der Waals surface area contributed by atoms with Gasteiger partial charge in [0.05, 0.1) is 5.52 Å². The number of halogens is 1. The van der Waals surface area contributed by atoms with Crippen LogP contribution in [-0.4, -0.2) is 11.5 Å². The fourth-order valence-electron chi connectivity index (χ4n) is 1.54. The van der Waals surface area contributed by atoms with Crippen molar-refractivity contribution in [3.8, 4) is 0 Å². The van der Waals surface area contributed by atoms with Gasteiger partial charge in [-0.15, -0.1) is 0 Å². The predicted molar refractivity (Wildman–Crippen MR) is 62.0 cm³/mol. The second-order valence-electron chi connectivity index (χ2n) is 3.52. The van der Waals surface area contributed by atoms with Crippen LogP contribution in [0.1, 0.15) is 18.4 Å². The number of H-pyrrole nitrogens is 1. The molecule has 0 aliphatic rings. The molecular weight excluding hydrogens is 260 g/mol. The maximum Gasteiger partial charge on any atom is 0.417 e. The molecule has 1 aromatic carbocycles. The van der Waals surface area contributed by atoms with Gasteiger partial charge in [0.15, 0.2) is 5.58 Å². The first-order chi connectivity index (χ1) is 7.11. The quantitative estimate of drug-likeness (QED) is 0.876. The van der Waals surface area contributed by atoms with Crippen molar-refractivity contribution in [1.82, 2.24) is 4.98 Å². The van der Waals surface area contributed by atoms with Crippen LogP contribution < -0.4 is 11.5 Å². The largest absolute Gasteiger partial charge is 0.417 e. The van der Waals surface area contributed by atoms with Crippen LogP contribution in [0, 0.1) is 0 Å². The van der Waals surface area contributed by atoms with Crippen LogP contribution >= 0.6 is 15.9 Å². The first-order valence-electron chi connectivity index (χ1n) is 4.64. The molecule has 1 unspecified atom stereocenters. The molecule has 0 amide bonds. The van der Waals surface area contributed by atoms with Gasteiger partial charge in [0.25, 0.3) is 0 Å². The fourth-order valence-corrected chi connectivity index (χ4v) is 2.02. The lowest BCUT2D eigenvalue weighted by molar-refractivity contribution is 0.548. The summed E-state index contributed by atoms with van der Waals surface area (Å²) in [5, 5.41) is 0. The van der Waals surface area contributed by atoms with Gasteiger partial charge < -0.3 is 10.2 Å². The second-order valence-corrected chi connectivity index (χ2v) is 4.44. The molecule has 0 spiro atoms. The number of aromatic nitrogens is 1. The summed E-state index contributed by atoms with van der Waals surface area (Å²) in [6.45, 7) is 2.51. The Balaban J connectivity index is 2.75. The second kappa shape index (κ2) is 3.83. The van der Waals surface area contributed by atoms with E-state index in [2.05, 4.69) is 20.9 Å². The zero-order valence-electron chi connectivity index (χ0n) is 8.21. The van der Waals surface area contributed by atoms with Crippen LogP contribution in [0.25, 0.3) is 11.1 Å². The lowest BCUT2D eigenvalue weighted by atomic mass is 10.0. The minimum Gasteiger partial charge on any atom is -0.408 e. The van der Waals surface area contributed by atoms with Crippen molar-refractivity contribution in [3.63, 3.8) is 0 Å². The van der Waals surface area contributed by atoms with Gasteiger partial charge in [0.1, 0.15) is 0 Å². The van der Waals surface area contributed by atoms with Crippen LogP contribution in [0.4, 0.5) is 0 Å². The lowest BCUT2D eigenvalue weighted by Crippen LogP contribution is -2.09. The predicted octanol–water partition coefficient (Wildman–Crippen LogP) is 1.95. The molecule has 1 aromatic heterocycles. The number of oxazole rings is 1. The first kappa shape index (κ1) is 10.4. The maximum atomic E-state index is 11.1. The van der Waals surface area contributed by atoms with Crippen LogP contribution in [0.5, 0.6) is 0 Å². The highest BCUT2D eigenvalue weighted by Crippen LogP contribution is 2.27. The molecule has 4 nitrogen and oxygen atoms in total. The van der Waals surface area contributed by atoms with Gasteiger partial charge >= 0.3 is 5.76 Å². The molecule has 0 saturated carbocycles. The van der Waals surface area contributed by atoms with Gasteiger partial charge in [-0.05, 0) is 24.6 Å². The molecule has 2 aromatic rings. The highest BCUT2D eigenvalue weighted by Gasteiger charge is 2.13. The third-order valence-corrected chi connectivity index (χ3v) is 2.86. The first-order valence-corrected chi connectivity index (χ1v) is 5.43. The van der Waals surface area contributed by atoms with E-state index in [1.807, 2.05) is 19.1 Å². The minimum absolute atomic E-state index is 0.156. The Morgan fingerprint density at radius 2 is 2.33 bits per heavy atom. The summed E-state index contributed by atoms with van der Waals surface area (Å²) >= 11 is 3.39. The van der Waals surface area contributed by atoms with Gasteiger partial charge in [-0.2, -0.15) is 0 Å². The number of hydrogen-bond acceptors (Lipinski definition) is 3. The van der Waals surface area contributed by atoms with Crippen molar-refractivity contribution >= 4 is 27.0 Å². The van der Waals surface area contributed by atoms with Gasteiger partial charge in [-0.25, -0.2) is 4.79 Å². The summed E-state index contributed by atoms with van der Waals surface area (Å²) in [6.07, 6.45) is 0. The average Bonchev–Trinajstić information content (AvgIpc) is 2.55. The molecule has 3 N–H and O–H groups in total. The normalized spacial score (nSPS) is 13.3. The third kappa shape index (κ3) is 1.85. The summed E-state index contributed by atoms with van der Waals surface area (Å²) in [6, 6.07) is 3.74.